The third kappa shape index (κ3) is 5.68. The molecule has 0 aliphatic carbocycles. The lowest BCUT2D eigenvalue weighted by molar-refractivity contribution is -0.131. The van der Waals surface area contributed by atoms with Crippen molar-refractivity contribution >= 4 is 33.4 Å². The highest BCUT2D eigenvalue weighted by molar-refractivity contribution is 6.00. The third-order valence-electron chi connectivity index (χ3n) is 8.50. The molecule has 2 aliphatic heterocycles. The first-order valence-corrected chi connectivity index (χ1v) is 14.5. The summed E-state index contributed by atoms with van der Waals surface area (Å²) in [6.45, 7) is 5.65. The Bertz CT molecular complexity index is 1750. The number of ether oxygens (including phenoxy) is 1. The van der Waals surface area contributed by atoms with Crippen LogP contribution >= 0.6 is 0 Å². The number of pyridine rings is 2. The summed E-state index contributed by atoms with van der Waals surface area (Å²) in [6, 6.07) is 17.0. The number of carbonyl (C=O) groups is 1. The summed E-state index contributed by atoms with van der Waals surface area (Å²) in [4.78, 5) is 27.9. The Hall–Kier alpha value is -4.75. The number of hydrogen-bond acceptors (Lipinski definition) is 8. The zero-order valence-electron chi connectivity index (χ0n) is 24.0. The van der Waals surface area contributed by atoms with Crippen LogP contribution in [0.25, 0.3) is 32.9 Å². The molecule has 0 spiro atoms. The minimum atomic E-state index is -1.04. The molecule has 1 unspecified atom stereocenters. The van der Waals surface area contributed by atoms with Gasteiger partial charge in [-0.25, -0.2) is 9.37 Å². The highest BCUT2D eigenvalue weighted by atomic mass is 19.1. The number of aromatic hydroxyl groups is 1. The predicted octanol–water partition coefficient (Wildman–Crippen LogP) is 5.04. The molecule has 2 aliphatic rings. The number of likely N-dealkylation sites (N-methyl/N-ethyl adjacent to an activating group) is 1. The van der Waals surface area contributed by atoms with Crippen molar-refractivity contribution in [3.05, 3.63) is 67.1 Å². The molecule has 2 aromatic carbocycles. The van der Waals surface area contributed by atoms with Crippen LogP contribution in [0.3, 0.4) is 0 Å². The molecule has 0 radical (unpaired) electrons. The van der Waals surface area contributed by atoms with E-state index in [1.54, 1.807) is 18.3 Å². The number of nitrogens with zero attached hydrogens (tertiary/aromatic N) is 6. The Balaban J connectivity index is 1.41. The molecule has 2 atom stereocenters. The molecule has 43 heavy (non-hydrogen) atoms. The van der Waals surface area contributed by atoms with Crippen molar-refractivity contribution in [2.45, 2.75) is 31.3 Å². The topological polar surface area (TPSA) is 106 Å². The lowest BCUT2D eigenvalue weighted by atomic mass is 9.98. The maximum atomic E-state index is 13.8. The fourth-order valence-electron chi connectivity index (χ4n) is 6.22. The molecule has 0 bridgehead atoms. The molecular weight excluding hydrogens is 547 g/mol. The van der Waals surface area contributed by atoms with Crippen LogP contribution in [0, 0.1) is 11.3 Å². The van der Waals surface area contributed by atoms with Gasteiger partial charge in [0.1, 0.15) is 17.9 Å². The molecule has 4 aromatic rings. The van der Waals surface area contributed by atoms with Gasteiger partial charge in [-0.05, 0) is 61.0 Å². The number of amides is 1. The number of phenolic OH excluding ortho intramolecular Hbond substituents is 1. The van der Waals surface area contributed by atoms with E-state index in [0.717, 1.165) is 47.0 Å². The Morgan fingerprint density at radius 2 is 2.02 bits per heavy atom. The average molecular weight is 581 g/mol. The van der Waals surface area contributed by atoms with E-state index < -0.39 is 17.8 Å². The van der Waals surface area contributed by atoms with Crippen molar-refractivity contribution in [3.8, 4) is 28.8 Å². The Labute approximate surface area is 249 Å². The van der Waals surface area contributed by atoms with Gasteiger partial charge in [-0.1, -0.05) is 30.8 Å². The van der Waals surface area contributed by atoms with Crippen LogP contribution in [0.2, 0.25) is 0 Å². The summed E-state index contributed by atoms with van der Waals surface area (Å²) in [5.74, 6) is -1.21. The fraction of sp³-hybridized carbons (Fsp3) is 0.333. The zero-order valence-corrected chi connectivity index (χ0v) is 24.0. The molecule has 2 fully saturated rings. The van der Waals surface area contributed by atoms with Crippen LogP contribution in [0.1, 0.15) is 19.3 Å². The van der Waals surface area contributed by atoms with Gasteiger partial charge in [-0.2, -0.15) is 5.26 Å². The number of piperazine rings is 1. The van der Waals surface area contributed by atoms with E-state index in [-0.39, 0.29) is 18.7 Å². The summed E-state index contributed by atoms with van der Waals surface area (Å²) < 4.78 is 20.1. The molecule has 220 valence electrons. The monoisotopic (exact) mass is 580 g/mol. The summed E-state index contributed by atoms with van der Waals surface area (Å²) in [6.07, 6.45) is 4.00. The first-order chi connectivity index (χ1) is 20.8. The number of nitriles is 1. The maximum absolute atomic E-state index is 13.8. The number of aromatic nitrogens is 2. The molecule has 0 saturated carbocycles. The van der Waals surface area contributed by atoms with Crippen molar-refractivity contribution in [2.24, 2.45) is 0 Å². The van der Waals surface area contributed by atoms with Crippen molar-refractivity contribution in [3.63, 3.8) is 0 Å². The SMILES string of the molecule is C=C(F)C(=O)N1CCN(c2cc(OC[C@@H]3CCCN3C)nc3cc(-c4cc(O)cc5ccccc45)cnc23)CC1CC#N. The molecular formula is C33H33FN6O3. The number of phenols is 1. The number of hydrogen-bond donors (Lipinski definition) is 1. The van der Waals surface area contributed by atoms with E-state index in [1.807, 2.05) is 36.4 Å². The quantitative estimate of drug-likeness (QED) is 0.303. The number of rotatable bonds is 7. The van der Waals surface area contributed by atoms with E-state index in [2.05, 4.69) is 29.5 Å². The van der Waals surface area contributed by atoms with Crippen molar-refractivity contribution in [2.75, 3.05) is 44.7 Å². The molecule has 4 heterocycles. The second-order valence-electron chi connectivity index (χ2n) is 11.2. The van der Waals surface area contributed by atoms with Crippen LogP contribution in [-0.2, 0) is 4.79 Å². The van der Waals surface area contributed by atoms with Crippen LogP contribution < -0.4 is 9.64 Å². The number of fused-ring (bicyclic) bond motifs is 2. The number of halogens is 1. The molecule has 1 amide bonds. The number of anilines is 1. The van der Waals surface area contributed by atoms with Gasteiger partial charge < -0.3 is 24.5 Å². The zero-order chi connectivity index (χ0) is 30.1. The summed E-state index contributed by atoms with van der Waals surface area (Å²) >= 11 is 0. The van der Waals surface area contributed by atoms with E-state index in [1.165, 1.54) is 4.90 Å². The second-order valence-corrected chi connectivity index (χ2v) is 11.2. The number of carbonyl (C=O) groups excluding carboxylic acids is 1. The van der Waals surface area contributed by atoms with Crippen LogP contribution in [0.4, 0.5) is 10.1 Å². The third-order valence-corrected chi connectivity index (χ3v) is 8.50. The highest BCUT2D eigenvalue weighted by Crippen LogP contribution is 2.36. The molecule has 2 aromatic heterocycles. The van der Waals surface area contributed by atoms with Crippen molar-refractivity contribution in [1.82, 2.24) is 19.8 Å². The van der Waals surface area contributed by atoms with Gasteiger partial charge in [-0.15, -0.1) is 0 Å². The predicted molar refractivity (Wildman–Crippen MR) is 163 cm³/mol. The Kier molecular flexibility index (Phi) is 7.82. The number of benzene rings is 2. The second kappa shape index (κ2) is 11.9. The lowest BCUT2D eigenvalue weighted by Gasteiger charge is -2.41. The van der Waals surface area contributed by atoms with E-state index in [0.29, 0.717) is 42.7 Å². The average Bonchev–Trinajstić information content (AvgIpc) is 3.42. The fourth-order valence-corrected chi connectivity index (χ4v) is 6.22. The summed E-state index contributed by atoms with van der Waals surface area (Å²) in [5.41, 5.74) is 3.65. The van der Waals surface area contributed by atoms with Gasteiger partial charge in [0.25, 0.3) is 5.91 Å². The number of likely N-dealkylation sites (tertiary alicyclic amines) is 1. The largest absolute Gasteiger partial charge is 0.508 e. The standard InChI is InChI=1S/C33H33FN6O3/c1-21(34)33(42)40-13-12-39(19-24(40)9-10-35)30-17-31(43-20-25-7-5-11-38(25)2)37-29-15-23(18-36-32(29)30)28-16-26(41)14-22-6-3-4-8-27(22)28/h3-4,6,8,14-18,24-25,41H,1,5,7,9,11-13,19-20H2,2H3/t24?,25-/m0/s1. The smallest absolute Gasteiger partial charge is 0.282 e. The normalized spacial score (nSPS) is 19.1. The van der Waals surface area contributed by atoms with Gasteiger partial charge in [0, 0.05) is 43.5 Å². The van der Waals surface area contributed by atoms with Crippen LogP contribution in [0.5, 0.6) is 11.6 Å². The molecule has 10 heteroatoms. The lowest BCUT2D eigenvalue weighted by Crippen LogP contribution is -2.55. The van der Waals surface area contributed by atoms with Crippen molar-refractivity contribution in [1.29, 1.82) is 5.26 Å². The Morgan fingerprint density at radius 3 is 2.79 bits per heavy atom. The highest BCUT2D eigenvalue weighted by Gasteiger charge is 2.33. The minimum absolute atomic E-state index is 0.0536. The molecule has 1 N–H and O–H groups in total. The minimum Gasteiger partial charge on any atom is -0.508 e. The van der Waals surface area contributed by atoms with Crippen LogP contribution in [-0.4, -0.2) is 82.7 Å². The van der Waals surface area contributed by atoms with Gasteiger partial charge in [0.2, 0.25) is 5.88 Å². The molecule has 6 rings (SSSR count). The van der Waals surface area contributed by atoms with Gasteiger partial charge in [0.15, 0.2) is 5.83 Å². The van der Waals surface area contributed by atoms with E-state index >= 15 is 0 Å². The first kappa shape index (κ1) is 28.4. The van der Waals surface area contributed by atoms with E-state index in [9.17, 15) is 19.6 Å². The van der Waals surface area contributed by atoms with Crippen LogP contribution in [0.15, 0.2) is 67.1 Å². The molecule has 9 nitrogen and oxygen atoms in total. The van der Waals surface area contributed by atoms with Gasteiger partial charge >= 0.3 is 0 Å². The van der Waals surface area contributed by atoms with Crippen molar-refractivity contribution < 1.29 is 19.0 Å². The van der Waals surface area contributed by atoms with E-state index in [4.69, 9.17) is 14.7 Å². The maximum Gasteiger partial charge on any atom is 0.282 e. The molecule has 2 saturated heterocycles. The summed E-state index contributed by atoms with van der Waals surface area (Å²) in [7, 11) is 2.10. The van der Waals surface area contributed by atoms with Gasteiger partial charge in [-0.3, -0.25) is 9.78 Å². The van der Waals surface area contributed by atoms with Gasteiger partial charge in [0.05, 0.1) is 29.7 Å². The summed E-state index contributed by atoms with van der Waals surface area (Å²) in [5, 5.41) is 21.8. The Morgan fingerprint density at radius 1 is 1.19 bits per heavy atom. The first-order valence-electron chi connectivity index (χ1n) is 14.5.